The fraction of sp³-hybridized carbons (Fsp3) is 0.333. The second-order valence-electron chi connectivity index (χ2n) is 6.11. The van der Waals surface area contributed by atoms with Crippen LogP contribution in [0.2, 0.25) is 0 Å². The van der Waals surface area contributed by atoms with Crippen LogP contribution in [-0.4, -0.2) is 57.6 Å². The van der Waals surface area contributed by atoms with Crippen molar-refractivity contribution in [1.82, 2.24) is 14.9 Å². The number of nitrogens with one attached hydrogen (secondary N) is 2. The standard InChI is InChI=1S/C18H21N3O6S2/c1-26-14-6-4-13(5-7-14)11-19-17(22)18(23)20-12-15-21(8-9-27-15)29(24,25)16-3-2-10-28-16/h2-7,10,15H,8-9,11-12H2,1H3,(H,19,22)(H,20,23)/t15-/m1/s1. The number of thiophene rings is 1. The number of ether oxygens (including phenoxy) is 2. The van der Waals surface area contributed by atoms with Crippen LogP contribution in [0.15, 0.2) is 46.0 Å². The number of rotatable bonds is 7. The highest BCUT2D eigenvalue weighted by Gasteiger charge is 2.37. The molecular formula is C18H21N3O6S2. The van der Waals surface area contributed by atoms with Crippen LogP contribution in [0.5, 0.6) is 5.75 Å². The van der Waals surface area contributed by atoms with Crippen molar-refractivity contribution in [3.8, 4) is 5.75 Å². The summed E-state index contributed by atoms with van der Waals surface area (Å²) in [5.41, 5.74) is 0.805. The average molecular weight is 440 g/mol. The zero-order valence-electron chi connectivity index (χ0n) is 15.7. The number of methoxy groups -OCH3 is 1. The number of nitrogens with zero attached hydrogens (tertiary/aromatic N) is 1. The van der Waals surface area contributed by atoms with Crippen LogP contribution >= 0.6 is 11.3 Å². The van der Waals surface area contributed by atoms with E-state index in [2.05, 4.69) is 10.6 Å². The zero-order chi connectivity index (χ0) is 20.9. The predicted molar refractivity (Wildman–Crippen MR) is 106 cm³/mol. The molecule has 156 valence electrons. The molecule has 0 unspecified atom stereocenters. The lowest BCUT2D eigenvalue weighted by Gasteiger charge is -2.22. The summed E-state index contributed by atoms with van der Waals surface area (Å²) in [7, 11) is -2.14. The van der Waals surface area contributed by atoms with Gasteiger partial charge in [-0.25, -0.2) is 8.42 Å². The molecule has 1 aromatic carbocycles. The lowest BCUT2D eigenvalue weighted by atomic mass is 10.2. The molecule has 1 aromatic heterocycles. The van der Waals surface area contributed by atoms with E-state index in [9.17, 15) is 18.0 Å². The fourth-order valence-electron chi connectivity index (χ4n) is 2.73. The molecule has 0 aliphatic carbocycles. The van der Waals surface area contributed by atoms with Gasteiger partial charge in [0.2, 0.25) is 0 Å². The summed E-state index contributed by atoms with van der Waals surface area (Å²) in [6.45, 7) is 0.452. The molecule has 2 aromatic rings. The second-order valence-corrected chi connectivity index (χ2v) is 9.18. The van der Waals surface area contributed by atoms with E-state index in [4.69, 9.17) is 9.47 Å². The Morgan fingerprint density at radius 2 is 1.93 bits per heavy atom. The van der Waals surface area contributed by atoms with E-state index >= 15 is 0 Å². The van der Waals surface area contributed by atoms with Gasteiger partial charge in [0.15, 0.2) is 0 Å². The van der Waals surface area contributed by atoms with Crippen molar-refractivity contribution in [2.45, 2.75) is 17.0 Å². The van der Waals surface area contributed by atoms with Gasteiger partial charge in [0.25, 0.3) is 10.0 Å². The normalized spacial score (nSPS) is 17.1. The van der Waals surface area contributed by atoms with Gasteiger partial charge in [-0.3, -0.25) is 9.59 Å². The van der Waals surface area contributed by atoms with Gasteiger partial charge in [-0.2, -0.15) is 4.31 Å². The first-order chi connectivity index (χ1) is 13.9. The molecule has 0 saturated carbocycles. The summed E-state index contributed by atoms with van der Waals surface area (Å²) in [6, 6.07) is 10.2. The number of carbonyl (C=O) groups is 2. The van der Waals surface area contributed by atoms with Gasteiger partial charge in [0.05, 0.1) is 20.3 Å². The Morgan fingerprint density at radius 3 is 2.59 bits per heavy atom. The molecule has 9 nitrogen and oxygen atoms in total. The van der Waals surface area contributed by atoms with Gasteiger partial charge in [0, 0.05) is 13.1 Å². The van der Waals surface area contributed by atoms with Crippen LogP contribution in [-0.2, 0) is 30.9 Å². The minimum Gasteiger partial charge on any atom is -0.497 e. The van der Waals surface area contributed by atoms with Gasteiger partial charge < -0.3 is 20.1 Å². The second kappa shape index (κ2) is 9.35. The van der Waals surface area contributed by atoms with Crippen LogP contribution in [0.1, 0.15) is 5.56 Å². The van der Waals surface area contributed by atoms with Gasteiger partial charge in [-0.15, -0.1) is 11.3 Å². The van der Waals surface area contributed by atoms with E-state index in [0.717, 1.165) is 16.9 Å². The van der Waals surface area contributed by atoms with Crippen molar-refractivity contribution >= 4 is 33.2 Å². The molecule has 2 amide bonds. The van der Waals surface area contributed by atoms with Crippen molar-refractivity contribution in [3.63, 3.8) is 0 Å². The van der Waals surface area contributed by atoms with E-state index in [1.807, 2.05) is 0 Å². The van der Waals surface area contributed by atoms with Gasteiger partial charge >= 0.3 is 11.8 Å². The Hall–Kier alpha value is -2.47. The number of hydrogen-bond acceptors (Lipinski definition) is 7. The molecule has 0 radical (unpaired) electrons. The summed E-state index contributed by atoms with van der Waals surface area (Å²) in [5.74, 6) is -0.981. The summed E-state index contributed by atoms with van der Waals surface area (Å²) >= 11 is 1.11. The maximum absolute atomic E-state index is 12.6. The number of hydrogen-bond donors (Lipinski definition) is 2. The van der Waals surface area contributed by atoms with Crippen molar-refractivity contribution in [3.05, 3.63) is 47.3 Å². The van der Waals surface area contributed by atoms with E-state index in [0.29, 0.717) is 5.75 Å². The molecule has 1 atom stereocenters. The summed E-state index contributed by atoms with van der Waals surface area (Å²) in [5, 5.41) is 6.61. The van der Waals surface area contributed by atoms with E-state index in [1.54, 1.807) is 42.8 Å². The molecule has 2 N–H and O–H groups in total. The maximum Gasteiger partial charge on any atom is 0.309 e. The minimum absolute atomic E-state index is 0.126. The lowest BCUT2D eigenvalue weighted by Crippen LogP contribution is -2.47. The van der Waals surface area contributed by atoms with Crippen LogP contribution < -0.4 is 15.4 Å². The smallest absolute Gasteiger partial charge is 0.309 e. The highest BCUT2D eigenvalue weighted by molar-refractivity contribution is 7.91. The third kappa shape index (κ3) is 5.12. The van der Waals surface area contributed by atoms with Crippen LogP contribution in [0, 0.1) is 0 Å². The zero-order valence-corrected chi connectivity index (χ0v) is 17.3. The molecule has 0 bridgehead atoms. The van der Waals surface area contributed by atoms with Crippen molar-refractivity contribution in [2.24, 2.45) is 0 Å². The molecule has 29 heavy (non-hydrogen) atoms. The Labute approximate surface area is 172 Å². The topological polar surface area (TPSA) is 114 Å². The highest BCUT2D eigenvalue weighted by Crippen LogP contribution is 2.25. The Balaban J connectivity index is 1.50. The van der Waals surface area contributed by atoms with E-state index in [1.165, 1.54) is 10.4 Å². The van der Waals surface area contributed by atoms with Crippen LogP contribution in [0.3, 0.4) is 0 Å². The first kappa shape index (κ1) is 21.2. The third-order valence-corrected chi connectivity index (χ3v) is 7.52. The quantitative estimate of drug-likeness (QED) is 0.609. The number of benzene rings is 1. The Bertz CT molecular complexity index is 944. The van der Waals surface area contributed by atoms with E-state index < -0.39 is 28.1 Å². The Kier molecular flexibility index (Phi) is 6.85. The lowest BCUT2D eigenvalue weighted by molar-refractivity contribution is -0.139. The monoisotopic (exact) mass is 439 g/mol. The van der Waals surface area contributed by atoms with Gasteiger partial charge in [0.1, 0.15) is 16.2 Å². The fourth-order valence-corrected chi connectivity index (χ4v) is 5.36. The molecule has 0 spiro atoms. The van der Waals surface area contributed by atoms with Crippen LogP contribution in [0.4, 0.5) is 0 Å². The van der Waals surface area contributed by atoms with Gasteiger partial charge in [-0.05, 0) is 29.1 Å². The maximum atomic E-state index is 12.6. The van der Waals surface area contributed by atoms with Crippen molar-refractivity contribution in [2.75, 3.05) is 26.8 Å². The highest BCUT2D eigenvalue weighted by atomic mass is 32.2. The molecule has 1 aliphatic rings. The molecule has 1 fully saturated rings. The molecule has 11 heteroatoms. The Morgan fingerprint density at radius 1 is 1.21 bits per heavy atom. The molecule has 3 rings (SSSR count). The first-order valence-electron chi connectivity index (χ1n) is 8.77. The molecule has 2 heterocycles. The molecular weight excluding hydrogens is 418 g/mol. The minimum atomic E-state index is -3.70. The SMILES string of the molecule is COc1ccc(CNC(=O)C(=O)NC[C@H]2OCCN2S(=O)(=O)c2cccs2)cc1. The van der Waals surface area contributed by atoms with Crippen molar-refractivity contribution < 1.29 is 27.5 Å². The summed E-state index contributed by atoms with van der Waals surface area (Å²) < 4.78 is 37.2. The molecule has 1 saturated heterocycles. The predicted octanol–water partition coefficient (Wildman–Crippen LogP) is 0.536. The number of sulfonamides is 1. The first-order valence-corrected chi connectivity index (χ1v) is 11.1. The van der Waals surface area contributed by atoms with Gasteiger partial charge in [-0.1, -0.05) is 18.2 Å². The number of carbonyl (C=O) groups excluding carboxylic acids is 2. The van der Waals surface area contributed by atoms with E-state index in [-0.39, 0.29) is 30.5 Å². The third-order valence-electron chi connectivity index (χ3n) is 4.26. The van der Waals surface area contributed by atoms with Crippen LogP contribution in [0.25, 0.3) is 0 Å². The van der Waals surface area contributed by atoms with Crippen molar-refractivity contribution in [1.29, 1.82) is 0 Å². The summed E-state index contributed by atoms with van der Waals surface area (Å²) in [6.07, 6.45) is -0.861. The summed E-state index contributed by atoms with van der Waals surface area (Å²) in [4.78, 5) is 24.0. The number of amides is 2. The molecule has 1 aliphatic heterocycles. The average Bonchev–Trinajstić information content (AvgIpc) is 3.43. The largest absolute Gasteiger partial charge is 0.497 e.